The zero-order valence-electron chi connectivity index (χ0n) is 56.6. The van der Waals surface area contributed by atoms with E-state index in [2.05, 4.69) is 55.4 Å². The summed E-state index contributed by atoms with van der Waals surface area (Å²) in [7, 11) is -9.90. The van der Waals surface area contributed by atoms with Crippen LogP contribution in [-0.4, -0.2) is 96.7 Å². The van der Waals surface area contributed by atoms with Crippen LogP contribution in [0.3, 0.4) is 0 Å². The van der Waals surface area contributed by atoms with Gasteiger partial charge < -0.3 is 33.8 Å². The van der Waals surface area contributed by atoms with E-state index in [1.165, 1.54) is 128 Å². The minimum atomic E-state index is -4.95. The van der Waals surface area contributed by atoms with Crippen LogP contribution in [0.1, 0.15) is 331 Å². The first-order valence-corrected chi connectivity index (χ1v) is 38.2. The fourth-order valence-corrected chi connectivity index (χ4v) is 11.7. The number of esters is 4. The number of unbranched alkanes of at least 4 members (excludes halogenated alkanes) is 31. The average Bonchev–Trinajstić information content (AvgIpc) is 3.46. The van der Waals surface area contributed by atoms with Gasteiger partial charge in [-0.15, -0.1) is 0 Å². The highest BCUT2D eigenvalue weighted by Crippen LogP contribution is 2.45. The van der Waals surface area contributed by atoms with Crippen molar-refractivity contribution in [1.82, 2.24) is 0 Å². The number of ether oxygens (including phenoxy) is 4. The van der Waals surface area contributed by atoms with Crippen LogP contribution in [-0.2, 0) is 65.4 Å². The lowest BCUT2D eigenvalue weighted by molar-refractivity contribution is -0.161. The second-order valence-corrected chi connectivity index (χ2v) is 29.4. The van der Waals surface area contributed by atoms with Gasteiger partial charge in [-0.25, -0.2) is 9.13 Å². The van der Waals surface area contributed by atoms with Crippen LogP contribution < -0.4 is 0 Å². The molecule has 0 aliphatic rings. The highest BCUT2D eigenvalue weighted by atomic mass is 31.2. The van der Waals surface area contributed by atoms with Crippen molar-refractivity contribution in [3.05, 3.63) is 0 Å². The lowest BCUT2D eigenvalue weighted by atomic mass is 10.0. The first kappa shape index (κ1) is 85.1. The monoisotopic (exact) mass is 1280 g/mol. The topological polar surface area (TPSA) is 237 Å². The van der Waals surface area contributed by atoms with E-state index in [1.807, 2.05) is 0 Å². The molecule has 0 fully saturated rings. The van der Waals surface area contributed by atoms with Crippen molar-refractivity contribution < 1.29 is 80.2 Å². The molecule has 0 amide bonds. The minimum absolute atomic E-state index is 0.102. The van der Waals surface area contributed by atoms with Crippen LogP contribution in [0.25, 0.3) is 0 Å². The first-order chi connectivity index (χ1) is 41.6. The molecule has 516 valence electrons. The van der Waals surface area contributed by atoms with Crippen molar-refractivity contribution in [3.8, 4) is 0 Å². The van der Waals surface area contributed by atoms with E-state index < -0.39 is 97.5 Å². The first-order valence-electron chi connectivity index (χ1n) is 35.2. The maximum absolute atomic E-state index is 13.0. The normalized spacial score (nSPS) is 14.3. The fourth-order valence-electron chi connectivity index (χ4n) is 10.1. The zero-order chi connectivity index (χ0) is 64.7. The molecule has 19 heteroatoms. The van der Waals surface area contributed by atoms with Gasteiger partial charge in [-0.3, -0.25) is 37.3 Å². The summed E-state index contributed by atoms with van der Waals surface area (Å²) in [6.45, 7) is 14.0. The second-order valence-electron chi connectivity index (χ2n) is 26.5. The van der Waals surface area contributed by atoms with Crippen molar-refractivity contribution in [2.75, 3.05) is 39.6 Å². The summed E-state index contributed by atoms with van der Waals surface area (Å²) in [5.41, 5.74) is 0. The molecule has 0 spiro atoms. The molecule has 87 heavy (non-hydrogen) atoms. The molecule has 0 aromatic rings. The number of carbonyl (C=O) groups excluding carboxylic acids is 4. The third-order valence-corrected chi connectivity index (χ3v) is 17.5. The SMILES string of the molecule is CC(C)CCCCCCCCCCCCCCCCC(=O)OC[C@H](COP(=O)(O)OC[C@@H](O)COP(=O)(O)OC[C@@H](COC(=O)CCCCCCCCC(C)C)OC(=O)CCCCCCCCCC(C)C)OC(=O)CCCCCCCCCCC(C)C. The predicted octanol–water partition coefficient (Wildman–Crippen LogP) is 18.9. The van der Waals surface area contributed by atoms with Gasteiger partial charge in [0.05, 0.1) is 26.4 Å². The maximum atomic E-state index is 13.0. The van der Waals surface area contributed by atoms with Gasteiger partial charge in [0.25, 0.3) is 0 Å². The second kappa shape index (κ2) is 57.9. The van der Waals surface area contributed by atoms with Crippen molar-refractivity contribution in [2.24, 2.45) is 23.7 Å². The van der Waals surface area contributed by atoms with E-state index in [9.17, 15) is 43.2 Å². The quantitative estimate of drug-likeness (QED) is 0.0222. The van der Waals surface area contributed by atoms with E-state index in [0.717, 1.165) is 108 Å². The number of rotatable bonds is 65. The van der Waals surface area contributed by atoms with Gasteiger partial charge in [-0.1, -0.05) is 280 Å². The Morgan fingerprint density at radius 3 is 0.713 bits per heavy atom. The Morgan fingerprint density at radius 2 is 0.483 bits per heavy atom. The van der Waals surface area contributed by atoms with Crippen molar-refractivity contribution in [2.45, 2.75) is 350 Å². The summed E-state index contributed by atoms with van der Waals surface area (Å²) in [5, 5.41) is 10.6. The Morgan fingerprint density at radius 1 is 0.287 bits per heavy atom. The van der Waals surface area contributed by atoms with Crippen LogP contribution in [0, 0.1) is 23.7 Å². The van der Waals surface area contributed by atoms with Crippen molar-refractivity contribution >= 4 is 39.5 Å². The molecule has 5 atom stereocenters. The molecule has 0 radical (unpaired) electrons. The van der Waals surface area contributed by atoms with Crippen LogP contribution in [0.15, 0.2) is 0 Å². The largest absolute Gasteiger partial charge is 0.472 e. The number of hydrogen-bond donors (Lipinski definition) is 3. The number of phosphoric acid groups is 2. The Hall–Kier alpha value is -1.94. The molecule has 0 saturated heterocycles. The molecule has 0 bridgehead atoms. The number of carbonyl (C=O) groups is 4. The summed E-state index contributed by atoms with van der Waals surface area (Å²) in [6.07, 6.45) is 39.3. The van der Waals surface area contributed by atoms with Gasteiger partial charge in [-0.05, 0) is 49.4 Å². The summed E-state index contributed by atoms with van der Waals surface area (Å²) in [5.74, 6) is 0.755. The smallest absolute Gasteiger partial charge is 0.462 e. The predicted molar refractivity (Wildman–Crippen MR) is 349 cm³/mol. The summed E-state index contributed by atoms with van der Waals surface area (Å²) in [4.78, 5) is 72.3. The number of phosphoric ester groups is 2. The number of aliphatic hydroxyl groups is 1. The minimum Gasteiger partial charge on any atom is -0.462 e. The fraction of sp³-hybridized carbons (Fsp3) is 0.941. The molecular formula is C68H132O17P2. The van der Waals surface area contributed by atoms with Crippen LogP contribution in [0.4, 0.5) is 0 Å². The van der Waals surface area contributed by atoms with E-state index in [4.69, 9.17) is 37.0 Å². The van der Waals surface area contributed by atoms with E-state index in [0.29, 0.717) is 37.5 Å². The van der Waals surface area contributed by atoms with Crippen LogP contribution >= 0.6 is 15.6 Å². The van der Waals surface area contributed by atoms with Gasteiger partial charge in [0.2, 0.25) is 0 Å². The van der Waals surface area contributed by atoms with Crippen LogP contribution in [0.2, 0.25) is 0 Å². The highest BCUT2D eigenvalue weighted by molar-refractivity contribution is 7.47. The van der Waals surface area contributed by atoms with Crippen molar-refractivity contribution in [3.63, 3.8) is 0 Å². The lowest BCUT2D eigenvalue weighted by Gasteiger charge is -2.21. The molecule has 0 aromatic carbocycles. The molecule has 0 heterocycles. The molecule has 0 aliphatic heterocycles. The summed E-state index contributed by atoms with van der Waals surface area (Å²) < 4.78 is 68.1. The standard InChI is InChI=1S/C68H132O17P2/c1-58(2)44-36-28-20-15-13-11-9-10-12-14-16-23-32-40-48-65(70)78-54-63(84-67(72)50-42-34-24-18-17-21-29-37-45-59(3)4)56-82-86(74,75)80-52-62(69)53-81-87(76,77)83-57-64(55-79-66(71)49-41-33-27-26-31-39-47-61(7)8)85-68(73)51-43-35-25-19-22-30-38-46-60(5)6/h58-64,69H,9-57H2,1-8H3,(H,74,75)(H,76,77)/t62-,63-,64-/m1/s1. The number of aliphatic hydroxyl groups excluding tert-OH is 1. The molecule has 0 saturated carbocycles. The Kier molecular flexibility index (Phi) is 56.6. The third-order valence-electron chi connectivity index (χ3n) is 15.6. The molecule has 0 aliphatic carbocycles. The third kappa shape index (κ3) is 62.6. The Balaban J connectivity index is 5.20. The van der Waals surface area contributed by atoms with Gasteiger partial charge in [0.1, 0.15) is 19.3 Å². The van der Waals surface area contributed by atoms with Crippen LogP contribution in [0.5, 0.6) is 0 Å². The average molecular weight is 1280 g/mol. The lowest BCUT2D eigenvalue weighted by Crippen LogP contribution is -2.30. The summed E-state index contributed by atoms with van der Waals surface area (Å²) in [6, 6.07) is 0. The Bertz CT molecular complexity index is 1730. The Labute approximate surface area is 530 Å². The van der Waals surface area contributed by atoms with Gasteiger partial charge in [0, 0.05) is 25.7 Å². The molecule has 3 N–H and O–H groups in total. The van der Waals surface area contributed by atoms with E-state index in [1.54, 1.807) is 0 Å². The van der Waals surface area contributed by atoms with E-state index in [-0.39, 0.29) is 25.7 Å². The molecule has 2 unspecified atom stereocenters. The number of hydrogen-bond acceptors (Lipinski definition) is 15. The van der Waals surface area contributed by atoms with Gasteiger partial charge in [0.15, 0.2) is 12.2 Å². The van der Waals surface area contributed by atoms with Gasteiger partial charge >= 0.3 is 39.5 Å². The highest BCUT2D eigenvalue weighted by Gasteiger charge is 2.30. The molecule has 0 aromatic heterocycles. The van der Waals surface area contributed by atoms with Gasteiger partial charge in [-0.2, -0.15) is 0 Å². The molecular weight excluding hydrogens is 1150 g/mol. The summed E-state index contributed by atoms with van der Waals surface area (Å²) >= 11 is 0. The molecule has 17 nitrogen and oxygen atoms in total. The maximum Gasteiger partial charge on any atom is 0.472 e. The van der Waals surface area contributed by atoms with E-state index >= 15 is 0 Å². The zero-order valence-corrected chi connectivity index (χ0v) is 58.4. The molecule has 0 rings (SSSR count). The van der Waals surface area contributed by atoms with Crippen molar-refractivity contribution in [1.29, 1.82) is 0 Å².